The van der Waals surface area contributed by atoms with Crippen LogP contribution in [-0.2, 0) is 4.74 Å². The maximum absolute atomic E-state index is 6.41. The summed E-state index contributed by atoms with van der Waals surface area (Å²) in [5.74, 6) is 2.33. The lowest BCUT2D eigenvalue weighted by atomic mass is 9.82. The van der Waals surface area contributed by atoms with Gasteiger partial charge in [0.1, 0.15) is 5.60 Å². The number of methoxy groups -OCH3 is 1. The van der Waals surface area contributed by atoms with Crippen molar-refractivity contribution in [3.05, 3.63) is 17.7 Å². The molecule has 0 aromatic heterocycles. The molecule has 0 amide bonds. The zero-order valence-electron chi connectivity index (χ0n) is 11.6. The van der Waals surface area contributed by atoms with Crippen molar-refractivity contribution >= 4 is 0 Å². The van der Waals surface area contributed by atoms with Crippen molar-refractivity contribution in [2.45, 2.75) is 31.0 Å². The van der Waals surface area contributed by atoms with Gasteiger partial charge in [-0.25, -0.2) is 0 Å². The van der Waals surface area contributed by atoms with E-state index in [9.17, 15) is 0 Å². The summed E-state index contributed by atoms with van der Waals surface area (Å²) in [5, 5.41) is 3.39. The number of hydrogen-bond acceptors (Lipinski definition) is 5. The average Bonchev–Trinajstić information content (AvgIpc) is 2.96. The fourth-order valence-corrected chi connectivity index (χ4v) is 3.43. The molecule has 0 bridgehead atoms. The van der Waals surface area contributed by atoms with Crippen LogP contribution < -0.4 is 19.5 Å². The van der Waals surface area contributed by atoms with Crippen molar-refractivity contribution < 1.29 is 18.9 Å². The summed E-state index contributed by atoms with van der Waals surface area (Å²) in [5.41, 5.74) is 0.931. The first-order valence-electron chi connectivity index (χ1n) is 7.16. The van der Waals surface area contributed by atoms with E-state index in [1.807, 2.05) is 12.1 Å². The Hall–Kier alpha value is -1.46. The summed E-state index contributed by atoms with van der Waals surface area (Å²) in [7, 11) is 1.76. The highest BCUT2D eigenvalue weighted by Crippen LogP contribution is 2.53. The molecule has 1 fully saturated rings. The number of rotatable bonds is 1. The van der Waals surface area contributed by atoms with Gasteiger partial charge in [0.25, 0.3) is 0 Å². The molecule has 20 heavy (non-hydrogen) atoms. The van der Waals surface area contributed by atoms with Gasteiger partial charge in [0, 0.05) is 19.1 Å². The van der Waals surface area contributed by atoms with Gasteiger partial charge in [-0.3, -0.25) is 0 Å². The molecular formula is C15H19NO4. The molecular weight excluding hydrogens is 258 g/mol. The highest BCUT2D eigenvalue weighted by atomic mass is 16.7. The maximum Gasteiger partial charge on any atom is 0.231 e. The van der Waals surface area contributed by atoms with Crippen LogP contribution >= 0.6 is 0 Å². The summed E-state index contributed by atoms with van der Waals surface area (Å²) >= 11 is 0. The van der Waals surface area contributed by atoms with Crippen LogP contribution in [0.4, 0.5) is 0 Å². The number of ether oxygens (including phenoxy) is 4. The molecule has 5 heteroatoms. The van der Waals surface area contributed by atoms with Crippen molar-refractivity contribution in [3.8, 4) is 17.2 Å². The van der Waals surface area contributed by atoms with E-state index in [1.165, 1.54) is 0 Å². The first-order chi connectivity index (χ1) is 9.81. The van der Waals surface area contributed by atoms with E-state index < -0.39 is 0 Å². The van der Waals surface area contributed by atoms with Gasteiger partial charge in [-0.15, -0.1) is 0 Å². The molecule has 0 saturated carbocycles. The van der Waals surface area contributed by atoms with Crippen LogP contribution in [-0.4, -0.2) is 32.6 Å². The minimum absolute atomic E-state index is 0.0614. The number of nitrogens with one attached hydrogen (secondary N) is 1. The first-order valence-corrected chi connectivity index (χ1v) is 7.16. The Labute approximate surface area is 118 Å². The molecule has 1 spiro atoms. The van der Waals surface area contributed by atoms with Crippen molar-refractivity contribution in [1.29, 1.82) is 0 Å². The largest absolute Gasteiger partial charge is 0.483 e. The van der Waals surface area contributed by atoms with E-state index in [4.69, 9.17) is 18.9 Å². The third-order valence-corrected chi connectivity index (χ3v) is 4.55. The van der Waals surface area contributed by atoms with E-state index >= 15 is 0 Å². The van der Waals surface area contributed by atoms with Crippen molar-refractivity contribution in [2.75, 3.05) is 27.0 Å². The Morgan fingerprint density at radius 2 is 2.05 bits per heavy atom. The van der Waals surface area contributed by atoms with E-state index in [0.29, 0.717) is 0 Å². The lowest BCUT2D eigenvalue weighted by Crippen LogP contribution is -2.49. The number of hydrogen-bond donors (Lipinski definition) is 1. The molecule has 1 aromatic rings. The lowest BCUT2D eigenvalue weighted by Gasteiger charge is -2.44. The van der Waals surface area contributed by atoms with Gasteiger partial charge in [0.2, 0.25) is 12.5 Å². The molecule has 108 valence electrons. The normalized spacial score (nSPS) is 26.1. The topological polar surface area (TPSA) is 49.0 Å². The molecule has 3 heterocycles. The van der Waals surface area contributed by atoms with E-state index in [0.717, 1.165) is 55.2 Å². The standard InChI is InChI=1S/C15H19NO4/c1-17-12-8-15(4-6-16-7-5-15)20-13-10(12)2-3-11-14(13)19-9-18-11/h2-3,12,16H,4-9H2,1H3. The second-order valence-corrected chi connectivity index (χ2v) is 5.68. The van der Waals surface area contributed by atoms with E-state index in [-0.39, 0.29) is 18.5 Å². The Bertz CT molecular complexity index is 525. The fraction of sp³-hybridized carbons (Fsp3) is 0.600. The Morgan fingerprint density at radius 1 is 1.20 bits per heavy atom. The smallest absolute Gasteiger partial charge is 0.231 e. The Kier molecular flexibility index (Phi) is 2.79. The minimum atomic E-state index is -0.139. The summed E-state index contributed by atoms with van der Waals surface area (Å²) in [4.78, 5) is 0. The lowest BCUT2D eigenvalue weighted by molar-refractivity contribution is -0.0494. The maximum atomic E-state index is 6.41. The van der Waals surface area contributed by atoms with Crippen LogP contribution in [0.1, 0.15) is 30.9 Å². The summed E-state index contributed by atoms with van der Waals surface area (Å²) in [6.07, 6.45) is 2.96. The first kappa shape index (κ1) is 12.3. The van der Waals surface area contributed by atoms with Gasteiger partial charge in [0.15, 0.2) is 11.5 Å². The molecule has 5 nitrogen and oxygen atoms in total. The highest BCUT2D eigenvalue weighted by Gasteiger charge is 2.44. The second-order valence-electron chi connectivity index (χ2n) is 5.68. The zero-order valence-corrected chi connectivity index (χ0v) is 11.6. The average molecular weight is 277 g/mol. The molecule has 1 saturated heterocycles. The summed E-state index contributed by atoms with van der Waals surface area (Å²) < 4.78 is 23.2. The van der Waals surface area contributed by atoms with E-state index in [2.05, 4.69) is 5.32 Å². The Balaban J connectivity index is 1.78. The van der Waals surface area contributed by atoms with Gasteiger partial charge < -0.3 is 24.3 Å². The molecule has 1 N–H and O–H groups in total. The third-order valence-electron chi connectivity index (χ3n) is 4.55. The third kappa shape index (κ3) is 1.77. The second kappa shape index (κ2) is 4.53. The predicted octanol–water partition coefficient (Wildman–Crippen LogP) is 2.01. The van der Waals surface area contributed by atoms with Crippen molar-refractivity contribution in [1.82, 2.24) is 5.32 Å². The van der Waals surface area contributed by atoms with Crippen molar-refractivity contribution in [2.24, 2.45) is 0 Å². The zero-order chi connectivity index (χ0) is 13.6. The molecule has 4 rings (SSSR count). The van der Waals surface area contributed by atoms with Gasteiger partial charge in [-0.05, 0) is 38.1 Å². The van der Waals surface area contributed by atoms with Gasteiger partial charge in [-0.2, -0.15) is 0 Å². The monoisotopic (exact) mass is 277 g/mol. The van der Waals surface area contributed by atoms with E-state index in [1.54, 1.807) is 7.11 Å². The molecule has 3 aliphatic rings. The molecule has 1 aromatic carbocycles. The number of benzene rings is 1. The molecule has 1 unspecified atom stereocenters. The number of fused-ring (bicyclic) bond motifs is 3. The SMILES string of the molecule is COC1CC2(CCNCC2)Oc2c1ccc1c2OCO1. The van der Waals surface area contributed by atoms with Crippen LogP contribution in [0.5, 0.6) is 17.2 Å². The number of piperidine rings is 1. The quantitative estimate of drug-likeness (QED) is 0.851. The molecule has 0 aliphatic carbocycles. The van der Waals surface area contributed by atoms with Gasteiger partial charge >= 0.3 is 0 Å². The summed E-state index contributed by atoms with van der Waals surface area (Å²) in [6, 6.07) is 3.97. The molecule has 0 radical (unpaired) electrons. The van der Waals surface area contributed by atoms with Gasteiger partial charge in [-0.1, -0.05) is 0 Å². The van der Waals surface area contributed by atoms with Crippen LogP contribution in [0.15, 0.2) is 12.1 Å². The highest BCUT2D eigenvalue weighted by molar-refractivity contribution is 5.58. The van der Waals surface area contributed by atoms with Crippen LogP contribution in [0.2, 0.25) is 0 Å². The molecule has 3 aliphatic heterocycles. The minimum Gasteiger partial charge on any atom is -0.483 e. The predicted molar refractivity (Wildman–Crippen MR) is 72.4 cm³/mol. The van der Waals surface area contributed by atoms with Crippen LogP contribution in [0.25, 0.3) is 0 Å². The Morgan fingerprint density at radius 3 is 2.85 bits per heavy atom. The fourth-order valence-electron chi connectivity index (χ4n) is 3.43. The van der Waals surface area contributed by atoms with Crippen LogP contribution in [0.3, 0.4) is 0 Å². The van der Waals surface area contributed by atoms with Gasteiger partial charge in [0.05, 0.1) is 6.10 Å². The van der Waals surface area contributed by atoms with Crippen LogP contribution in [0, 0.1) is 0 Å². The molecule has 1 atom stereocenters. The van der Waals surface area contributed by atoms with Crippen molar-refractivity contribution in [3.63, 3.8) is 0 Å². The summed E-state index contributed by atoms with van der Waals surface area (Å²) in [6.45, 7) is 2.23.